The van der Waals surface area contributed by atoms with Crippen LogP contribution in [-0.2, 0) is 16.8 Å². The van der Waals surface area contributed by atoms with Crippen LogP contribution in [-0.4, -0.2) is 15.6 Å². The van der Waals surface area contributed by atoms with Gasteiger partial charge in [-0.05, 0) is 24.3 Å². The summed E-state index contributed by atoms with van der Waals surface area (Å²) < 4.78 is 1.94. The van der Waals surface area contributed by atoms with Crippen molar-refractivity contribution in [2.24, 2.45) is 0 Å². The van der Waals surface area contributed by atoms with Gasteiger partial charge in [0, 0.05) is 19.2 Å². The van der Waals surface area contributed by atoms with Gasteiger partial charge in [0.25, 0.3) is 0 Å². The van der Waals surface area contributed by atoms with Crippen LogP contribution < -0.4 is 0 Å². The first-order chi connectivity index (χ1) is 6.95. The van der Waals surface area contributed by atoms with Crippen molar-refractivity contribution in [2.75, 3.05) is 0 Å². The summed E-state index contributed by atoms with van der Waals surface area (Å²) in [7, 11) is 0. The molecule has 0 radical (unpaired) electrons. The van der Waals surface area contributed by atoms with Gasteiger partial charge in [-0.1, -0.05) is 20.8 Å². The minimum atomic E-state index is -0.0994. The van der Waals surface area contributed by atoms with Crippen molar-refractivity contribution in [3.63, 3.8) is 0 Å². The summed E-state index contributed by atoms with van der Waals surface area (Å²) in [4.78, 5) is 11.1. The number of aromatic nitrogens is 2. The maximum Gasteiger partial charge on any atom is 0.130 e. The second-order valence-corrected chi connectivity index (χ2v) is 4.75. The Morgan fingerprint density at radius 1 is 1.53 bits per heavy atom. The first-order valence-electron chi connectivity index (χ1n) is 5.48. The topological polar surface area (TPSA) is 34.9 Å². The molecule has 15 heavy (non-hydrogen) atoms. The van der Waals surface area contributed by atoms with E-state index < -0.39 is 0 Å². The zero-order chi connectivity index (χ0) is 11.5. The zero-order valence-corrected chi connectivity index (χ0v) is 10.1. The average Bonchev–Trinajstić information content (AvgIpc) is 2.51. The van der Waals surface area contributed by atoms with Crippen LogP contribution in [0.4, 0.5) is 0 Å². The predicted octanol–water partition coefficient (Wildman–Crippen LogP) is 2.55. The third-order valence-electron chi connectivity index (χ3n) is 2.56. The molecule has 0 atom stereocenters. The van der Waals surface area contributed by atoms with Crippen molar-refractivity contribution in [1.29, 1.82) is 0 Å². The van der Waals surface area contributed by atoms with Crippen LogP contribution in [0.2, 0.25) is 0 Å². The highest BCUT2D eigenvalue weighted by Crippen LogP contribution is 2.26. The lowest BCUT2D eigenvalue weighted by molar-refractivity contribution is -0.118. The summed E-state index contributed by atoms with van der Waals surface area (Å²) in [6.07, 6.45) is 5.57. The van der Waals surface area contributed by atoms with Gasteiger partial charge in [-0.2, -0.15) is 5.10 Å². The molecule has 84 valence electrons. The Bertz CT molecular complexity index is 339. The molecule has 0 saturated heterocycles. The molecule has 3 heteroatoms. The Morgan fingerprint density at radius 3 is 2.73 bits per heavy atom. The maximum atomic E-state index is 11.1. The fraction of sp³-hybridized carbons (Fsp3) is 0.667. The molecule has 0 amide bonds. The molecule has 0 aliphatic carbocycles. The van der Waals surface area contributed by atoms with Crippen molar-refractivity contribution in [2.45, 2.75) is 52.5 Å². The molecule has 1 rings (SSSR count). The highest BCUT2D eigenvalue weighted by molar-refractivity contribution is 5.77. The van der Waals surface area contributed by atoms with Crippen molar-refractivity contribution < 1.29 is 4.79 Å². The molecule has 0 bridgehead atoms. The van der Waals surface area contributed by atoms with Crippen molar-refractivity contribution in [3.05, 3.63) is 18.0 Å². The van der Waals surface area contributed by atoms with Crippen molar-refractivity contribution in [1.82, 2.24) is 9.78 Å². The molecule has 0 aromatic carbocycles. The van der Waals surface area contributed by atoms with Gasteiger partial charge in [0.05, 0.1) is 6.20 Å². The van der Waals surface area contributed by atoms with Crippen LogP contribution in [0, 0.1) is 0 Å². The van der Waals surface area contributed by atoms with Crippen LogP contribution in [0.15, 0.2) is 12.4 Å². The third kappa shape index (κ3) is 3.18. The van der Waals surface area contributed by atoms with Gasteiger partial charge in [-0.15, -0.1) is 0 Å². The summed E-state index contributed by atoms with van der Waals surface area (Å²) in [5.74, 6) is 0.225. The van der Waals surface area contributed by atoms with Gasteiger partial charge in [-0.3, -0.25) is 9.48 Å². The molecule has 1 aromatic heterocycles. The van der Waals surface area contributed by atoms with Gasteiger partial charge >= 0.3 is 0 Å². The maximum absolute atomic E-state index is 11.1. The van der Waals surface area contributed by atoms with Gasteiger partial charge in [0.15, 0.2) is 0 Å². The van der Waals surface area contributed by atoms with E-state index in [4.69, 9.17) is 0 Å². The number of carbonyl (C=O) groups excluding carboxylic acids is 1. The third-order valence-corrected chi connectivity index (χ3v) is 2.56. The van der Waals surface area contributed by atoms with E-state index in [9.17, 15) is 4.79 Å². The Kier molecular flexibility index (Phi) is 3.66. The lowest BCUT2D eigenvalue weighted by Gasteiger charge is -2.21. The Hall–Kier alpha value is -1.12. The smallest absolute Gasteiger partial charge is 0.130 e. The first kappa shape index (κ1) is 12.0. The molecule has 0 fully saturated rings. The molecule has 1 heterocycles. The molecular formula is C12H20N2O. The van der Waals surface area contributed by atoms with Crippen LogP contribution in [0.3, 0.4) is 0 Å². The zero-order valence-electron chi connectivity index (χ0n) is 10.1. The molecule has 0 saturated carbocycles. The molecule has 0 N–H and O–H groups in total. The van der Waals surface area contributed by atoms with Gasteiger partial charge in [0.2, 0.25) is 0 Å². The number of hydrogen-bond acceptors (Lipinski definition) is 2. The van der Waals surface area contributed by atoms with Gasteiger partial charge < -0.3 is 0 Å². The minimum absolute atomic E-state index is 0.0994. The summed E-state index contributed by atoms with van der Waals surface area (Å²) >= 11 is 0. The number of rotatable bonds is 5. The van der Waals surface area contributed by atoms with E-state index in [-0.39, 0.29) is 11.2 Å². The minimum Gasteiger partial charge on any atom is -0.300 e. The Morgan fingerprint density at radius 2 is 2.20 bits per heavy atom. The van der Waals surface area contributed by atoms with Crippen LogP contribution >= 0.6 is 0 Å². The SMILES string of the molecule is CCCn1cc(C(C)(C)CC(C)=O)cn1. The first-order valence-corrected chi connectivity index (χ1v) is 5.48. The van der Waals surface area contributed by atoms with E-state index in [0.717, 1.165) is 18.5 Å². The lowest BCUT2D eigenvalue weighted by Crippen LogP contribution is -2.19. The number of hydrogen-bond donors (Lipinski definition) is 0. The normalized spacial score (nSPS) is 11.7. The molecular weight excluding hydrogens is 188 g/mol. The number of Topliss-reactive ketones (excluding diaryl/α,β-unsaturated/α-hetero) is 1. The van der Waals surface area contributed by atoms with Gasteiger partial charge in [0.1, 0.15) is 5.78 Å². The second kappa shape index (κ2) is 4.60. The average molecular weight is 208 g/mol. The highest BCUT2D eigenvalue weighted by Gasteiger charge is 2.23. The molecule has 0 spiro atoms. The number of carbonyl (C=O) groups is 1. The number of nitrogens with zero attached hydrogens (tertiary/aromatic N) is 2. The van der Waals surface area contributed by atoms with Gasteiger partial charge in [-0.25, -0.2) is 0 Å². The largest absolute Gasteiger partial charge is 0.300 e. The summed E-state index contributed by atoms with van der Waals surface area (Å²) in [6, 6.07) is 0. The quantitative estimate of drug-likeness (QED) is 0.745. The van der Waals surface area contributed by atoms with E-state index in [1.165, 1.54) is 0 Å². The van der Waals surface area contributed by atoms with E-state index >= 15 is 0 Å². The molecule has 3 nitrogen and oxygen atoms in total. The van der Waals surface area contributed by atoms with Crippen LogP contribution in [0.1, 0.15) is 46.1 Å². The van der Waals surface area contributed by atoms with E-state index in [1.54, 1.807) is 6.92 Å². The fourth-order valence-corrected chi connectivity index (χ4v) is 1.79. The number of aryl methyl sites for hydroxylation is 1. The highest BCUT2D eigenvalue weighted by atomic mass is 16.1. The second-order valence-electron chi connectivity index (χ2n) is 4.75. The lowest BCUT2D eigenvalue weighted by atomic mass is 9.82. The van der Waals surface area contributed by atoms with E-state index in [0.29, 0.717) is 6.42 Å². The van der Waals surface area contributed by atoms with Crippen LogP contribution in [0.25, 0.3) is 0 Å². The Balaban J connectivity index is 2.80. The van der Waals surface area contributed by atoms with Crippen molar-refractivity contribution in [3.8, 4) is 0 Å². The summed E-state index contributed by atoms with van der Waals surface area (Å²) in [6.45, 7) is 8.87. The predicted molar refractivity (Wildman–Crippen MR) is 60.8 cm³/mol. The number of ketones is 1. The fourth-order valence-electron chi connectivity index (χ4n) is 1.79. The molecule has 1 aromatic rings. The monoisotopic (exact) mass is 208 g/mol. The van der Waals surface area contributed by atoms with Crippen molar-refractivity contribution >= 4 is 5.78 Å². The van der Waals surface area contributed by atoms with Crippen LogP contribution in [0.5, 0.6) is 0 Å². The molecule has 0 aliphatic heterocycles. The van der Waals surface area contributed by atoms with E-state index in [2.05, 4.69) is 25.9 Å². The Labute approximate surface area is 91.5 Å². The van der Waals surface area contributed by atoms with E-state index in [1.807, 2.05) is 17.1 Å². The molecule has 0 unspecified atom stereocenters. The standard InChI is InChI=1S/C12H20N2O/c1-5-6-14-9-11(8-13-14)12(3,4)7-10(2)15/h8-9H,5-7H2,1-4H3. The summed E-state index contributed by atoms with van der Waals surface area (Å²) in [5.41, 5.74) is 1.05. The molecule has 0 aliphatic rings. The summed E-state index contributed by atoms with van der Waals surface area (Å²) in [5, 5.41) is 4.28.